The lowest BCUT2D eigenvalue weighted by atomic mass is 9.93. The van der Waals surface area contributed by atoms with Gasteiger partial charge in [-0.15, -0.1) is 0 Å². The van der Waals surface area contributed by atoms with Crippen LogP contribution >= 0.6 is 11.6 Å². The van der Waals surface area contributed by atoms with E-state index in [-0.39, 0.29) is 35.6 Å². The van der Waals surface area contributed by atoms with Gasteiger partial charge in [-0.1, -0.05) is 23.7 Å². The average molecular weight is 574 g/mol. The van der Waals surface area contributed by atoms with Crippen molar-refractivity contribution in [3.8, 4) is 5.75 Å². The van der Waals surface area contributed by atoms with E-state index in [2.05, 4.69) is 0 Å². The standard InChI is InChI=1S/C30H37ClFN3O5/c1-5-35(29(38)39-24-12-10-23(32)11-13-24)26-19-34(18-25(26)20-6-8-22(31)9-7-20)27(36)21-14-16-33(17-15-21)28(37)40-30(2,3)4/h6-13,21,25-26H,5,14-19H2,1-4H3. The van der Waals surface area contributed by atoms with E-state index in [9.17, 15) is 18.8 Å². The minimum atomic E-state index is -0.575. The molecule has 2 unspecified atom stereocenters. The molecule has 8 nitrogen and oxygen atoms in total. The van der Waals surface area contributed by atoms with Crippen LogP contribution in [0.1, 0.15) is 52.0 Å². The van der Waals surface area contributed by atoms with Crippen LogP contribution in [0.3, 0.4) is 0 Å². The molecule has 0 bridgehead atoms. The highest BCUT2D eigenvalue weighted by molar-refractivity contribution is 6.30. The molecule has 2 heterocycles. The maximum absolute atomic E-state index is 13.7. The molecule has 0 N–H and O–H groups in total. The van der Waals surface area contributed by atoms with Gasteiger partial charge in [0.05, 0.1) is 6.04 Å². The molecule has 0 radical (unpaired) electrons. The monoisotopic (exact) mass is 573 g/mol. The van der Waals surface area contributed by atoms with Crippen molar-refractivity contribution < 1.29 is 28.2 Å². The summed E-state index contributed by atoms with van der Waals surface area (Å²) in [6.07, 6.45) is 0.183. The molecule has 2 atom stereocenters. The molecule has 4 rings (SSSR count). The Morgan fingerprint density at radius 3 is 2.17 bits per heavy atom. The van der Waals surface area contributed by atoms with Gasteiger partial charge < -0.3 is 24.2 Å². The van der Waals surface area contributed by atoms with Crippen LogP contribution in [-0.4, -0.2) is 77.2 Å². The molecule has 216 valence electrons. The summed E-state index contributed by atoms with van der Waals surface area (Å²) in [5.74, 6) is -0.519. The number of carbonyl (C=O) groups is 3. The maximum Gasteiger partial charge on any atom is 0.415 e. The second kappa shape index (κ2) is 12.5. The Kier molecular flexibility index (Phi) is 9.23. The molecule has 40 heavy (non-hydrogen) atoms. The molecule has 3 amide bonds. The summed E-state index contributed by atoms with van der Waals surface area (Å²) in [5, 5.41) is 0.603. The maximum atomic E-state index is 13.7. The van der Waals surface area contributed by atoms with Crippen LogP contribution in [0.4, 0.5) is 14.0 Å². The van der Waals surface area contributed by atoms with Gasteiger partial charge in [0.15, 0.2) is 0 Å². The van der Waals surface area contributed by atoms with E-state index >= 15 is 0 Å². The van der Waals surface area contributed by atoms with Crippen molar-refractivity contribution in [2.24, 2.45) is 5.92 Å². The van der Waals surface area contributed by atoms with E-state index in [1.165, 1.54) is 24.3 Å². The summed E-state index contributed by atoms with van der Waals surface area (Å²) in [5.41, 5.74) is 0.394. The summed E-state index contributed by atoms with van der Waals surface area (Å²) in [7, 11) is 0. The minimum Gasteiger partial charge on any atom is -0.444 e. The highest BCUT2D eigenvalue weighted by Crippen LogP contribution is 2.34. The predicted molar refractivity (Wildman–Crippen MR) is 150 cm³/mol. The molecule has 2 aliphatic heterocycles. The highest BCUT2D eigenvalue weighted by atomic mass is 35.5. The Hall–Kier alpha value is -3.33. The fraction of sp³-hybridized carbons (Fsp3) is 0.500. The van der Waals surface area contributed by atoms with Crippen molar-refractivity contribution in [2.45, 2.75) is 58.1 Å². The van der Waals surface area contributed by atoms with Crippen LogP contribution in [0.25, 0.3) is 0 Å². The Morgan fingerprint density at radius 2 is 1.60 bits per heavy atom. The molecule has 0 spiro atoms. The molecule has 0 aliphatic carbocycles. The van der Waals surface area contributed by atoms with E-state index in [0.29, 0.717) is 50.6 Å². The van der Waals surface area contributed by atoms with Gasteiger partial charge in [0.2, 0.25) is 5.91 Å². The van der Waals surface area contributed by atoms with Gasteiger partial charge in [0, 0.05) is 49.6 Å². The summed E-state index contributed by atoms with van der Waals surface area (Å²) in [6, 6.07) is 12.4. The van der Waals surface area contributed by atoms with Crippen LogP contribution in [0.2, 0.25) is 5.02 Å². The van der Waals surface area contributed by atoms with Gasteiger partial charge in [-0.2, -0.15) is 0 Å². The van der Waals surface area contributed by atoms with Crippen molar-refractivity contribution in [3.63, 3.8) is 0 Å². The van der Waals surface area contributed by atoms with Gasteiger partial charge in [-0.05, 0) is 82.5 Å². The van der Waals surface area contributed by atoms with E-state index in [0.717, 1.165) is 5.56 Å². The van der Waals surface area contributed by atoms with Crippen LogP contribution in [0.5, 0.6) is 5.75 Å². The quantitative estimate of drug-likeness (QED) is 0.442. The lowest BCUT2D eigenvalue weighted by Gasteiger charge is -2.34. The zero-order valence-corrected chi connectivity index (χ0v) is 24.2. The summed E-state index contributed by atoms with van der Waals surface area (Å²) in [6.45, 7) is 9.42. The molecule has 10 heteroatoms. The van der Waals surface area contributed by atoms with Gasteiger partial charge in [-0.3, -0.25) is 4.79 Å². The van der Waals surface area contributed by atoms with Gasteiger partial charge in [0.1, 0.15) is 17.2 Å². The molecule has 2 saturated heterocycles. The van der Waals surface area contributed by atoms with Crippen LogP contribution in [-0.2, 0) is 9.53 Å². The van der Waals surface area contributed by atoms with Gasteiger partial charge in [0.25, 0.3) is 0 Å². The van der Waals surface area contributed by atoms with Crippen LogP contribution in [0.15, 0.2) is 48.5 Å². The molecular weight excluding hydrogens is 537 g/mol. The van der Waals surface area contributed by atoms with Crippen molar-refractivity contribution >= 4 is 29.7 Å². The molecule has 2 aliphatic rings. The van der Waals surface area contributed by atoms with Crippen molar-refractivity contribution in [2.75, 3.05) is 32.7 Å². The number of likely N-dealkylation sites (N-methyl/N-ethyl adjacent to an activating group) is 1. The lowest BCUT2D eigenvalue weighted by Crippen LogP contribution is -2.47. The summed E-state index contributed by atoms with van der Waals surface area (Å²) in [4.78, 5) is 44.5. The second-order valence-electron chi connectivity index (χ2n) is 11.3. The first-order chi connectivity index (χ1) is 18.9. The Bertz CT molecular complexity index is 1190. The predicted octanol–water partition coefficient (Wildman–Crippen LogP) is 5.94. The van der Waals surface area contributed by atoms with Crippen molar-refractivity contribution in [3.05, 3.63) is 64.9 Å². The van der Waals surface area contributed by atoms with E-state index in [1.54, 1.807) is 21.9 Å². The lowest BCUT2D eigenvalue weighted by molar-refractivity contribution is -0.136. The van der Waals surface area contributed by atoms with E-state index in [1.807, 2.05) is 44.7 Å². The molecule has 2 aromatic carbocycles. The normalized spacial score (nSPS) is 19.9. The number of amides is 3. The largest absolute Gasteiger partial charge is 0.444 e. The highest BCUT2D eigenvalue weighted by Gasteiger charge is 2.43. The zero-order valence-electron chi connectivity index (χ0n) is 23.4. The number of hydrogen-bond donors (Lipinski definition) is 0. The topological polar surface area (TPSA) is 79.4 Å². The second-order valence-corrected chi connectivity index (χ2v) is 11.8. The summed E-state index contributed by atoms with van der Waals surface area (Å²) < 4.78 is 24.4. The molecule has 2 fully saturated rings. The third-order valence-electron chi connectivity index (χ3n) is 7.39. The first-order valence-corrected chi connectivity index (χ1v) is 14.1. The van der Waals surface area contributed by atoms with Gasteiger partial charge in [-0.25, -0.2) is 14.0 Å². The molecule has 0 saturated carbocycles. The van der Waals surface area contributed by atoms with Crippen LogP contribution in [0, 0.1) is 11.7 Å². The average Bonchev–Trinajstić information content (AvgIpc) is 3.34. The number of rotatable bonds is 5. The molecule has 0 aromatic heterocycles. The van der Waals surface area contributed by atoms with E-state index < -0.39 is 17.5 Å². The Balaban J connectivity index is 1.48. The number of ether oxygens (including phenoxy) is 2. The number of halogens is 2. The van der Waals surface area contributed by atoms with Crippen molar-refractivity contribution in [1.82, 2.24) is 14.7 Å². The third kappa shape index (κ3) is 7.24. The Labute approximate surface area is 240 Å². The number of nitrogens with zero attached hydrogens (tertiary/aromatic N) is 3. The number of likely N-dealkylation sites (tertiary alicyclic amines) is 2. The fourth-order valence-electron chi connectivity index (χ4n) is 5.37. The van der Waals surface area contributed by atoms with Gasteiger partial charge >= 0.3 is 12.2 Å². The zero-order chi connectivity index (χ0) is 29.0. The first kappa shape index (κ1) is 29.6. The van der Waals surface area contributed by atoms with E-state index in [4.69, 9.17) is 21.1 Å². The molecule has 2 aromatic rings. The SMILES string of the molecule is CCN(C(=O)Oc1ccc(F)cc1)C1CN(C(=O)C2CCN(C(=O)OC(C)(C)C)CC2)CC1c1ccc(Cl)cc1. The fourth-order valence-corrected chi connectivity index (χ4v) is 5.50. The minimum absolute atomic E-state index is 0.0215. The number of piperidine rings is 1. The van der Waals surface area contributed by atoms with Crippen LogP contribution < -0.4 is 4.74 Å². The third-order valence-corrected chi connectivity index (χ3v) is 7.64. The molecular formula is C30H37ClFN3O5. The Morgan fingerprint density at radius 1 is 0.975 bits per heavy atom. The first-order valence-electron chi connectivity index (χ1n) is 13.7. The van der Waals surface area contributed by atoms with Crippen molar-refractivity contribution in [1.29, 1.82) is 0 Å². The number of hydrogen-bond acceptors (Lipinski definition) is 5. The smallest absolute Gasteiger partial charge is 0.415 e. The number of benzene rings is 2. The number of carbonyl (C=O) groups excluding carboxylic acids is 3. The summed E-state index contributed by atoms with van der Waals surface area (Å²) >= 11 is 6.13.